The Labute approximate surface area is 185 Å². The standard InChI is InChI=1S/C22H27N7O2.3H2/c1-28-13-17(15-5-3-2-4-6-15)19(14-28)24-22(30)25-20-11-18-16(12-23-20)21(27-26-18)29-7-9-31-10-8-29;;;/h2-6,11-12,17,19H,7-10,13-14H2,1H3,(H,26,27)(H2,23,24,25,30);3*1H/t17-,19+;;;/m0.../s1. The topological polar surface area (TPSA) is 98.4 Å². The lowest BCUT2D eigenvalue weighted by Gasteiger charge is -2.26. The van der Waals surface area contributed by atoms with Crippen LogP contribution in [-0.4, -0.2) is 78.6 Å². The van der Waals surface area contributed by atoms with Crippen LogP contribution in [0.25, 0.3) is 10.9 Å². The number of amides is 2. The van der Waals surface area contributed by atoms with Gasteiger partial charge in [0, 0.05) is 48.6 Å². The number of likely N-dealkylation sites (tertiary alicyclic amines) is 1. The van der Waals surface area contributed by atoms with Crippen LogP contribution in [0.15, 0.2) is 42.6 Å². The minimum Gasteiger partial charge on any atom is -0.378 e. The fourth-order valence-electron chi connectivity index (χ4n) is 4.49. The first kappa shape index (κ1) is 19.8. The second-order valence-corrected chi connectivity index (χ2v) is 8.21. The van der Waals surface area contributed by atoms with Gasteiger partial charge in [0.15, 0.2) is 5.82 Å². The molecule has 5 rings (SSSR count). The molecule has 4 heterocycles. The molecule has 0 saturated carbocycles. The zero-order valence-electron chi connectivity index (χ0n) is 17.5. The van der Waals surface area contributed by atoms with Crippen molar-refractivity contribution in [3.05, 3.63) is 48.2 Å². The molecule has 0 aliphatic carbocycles. The zero-order valence-corrected chi connectivity index (χ0v) is 17.5. The molecule has 2 aliphatic heterocycles. The average molecular weight is 428 g/mol. The van der Waals surface area contributed by atoms with Crippen molar-refractivity contribution >= 4 is 28.6 Å². The lowest BCUT2D eigenvalue weighted by Crippen LogP contribution is -2.42. The van der Waals surface area contributed by atoms with E-state index in [-0.39, 0.29) is 22.3 Å². The molecule has 9 nitrogen and oxygen atoms in total. The maximum Gasteiger partial charge on any atom is 0.320 e. The maximum atomic E-state index is 12.7. The summed E-state index contributed by atoms with van der Waals surface area (Å²) in [5, 5.41) is 14.4. The fourth-order valence-corrected chi connectivity index (χ4v) is 4.49. The Hall–Kier alpha value is -3.17. The number of ether oxygens (including phenoxy) is 1. The number of aromatic amines is 1. The monoisotopic (exact) mass is 427 g/mol. The largest absolute Gasteiger partial charge is 0.378 e. The minimum atomic E-state index is -0.249. The molecule has 0 spiro atoms. The van der Waals surface area contributed by atoms with E-state index in [4.69, 9.17) is 4.74 Å². The van der Waals surface area contributed by atoms with E-state index < -0.39 is 0 Å². The molecule has 0 radical (unpaired) electrons. The Morgan fingerprint density at radius 3 is 2.84 bits per heavy atom. The van der Waals surface area contributed by atoms with Crippen LogP contribution in [0.4, 0.5) is 16.4 Å². The van der Waals surface area contributed by atoms with Crippen LogP contribution in [0, 0.1) is 0 Å². The van der Waals surface area contributed by atoms with Gasteiger partial charge in [-0.3, -0.25) is 10.4 Å². The van der Waals surface area contributed by atoms with Crippen LogP contribution in [0.3, 0.4) is 0 Å². The lowest BCUT2D eigenvalue weighted by atomic mass is 9.94. The number of hydrogen-bond acceptors (Lipinski definition) is 6. The number of anilines is 2. The van der Waals surface area contributed by atoms with Crippen LogP contribution in [-0.2, 0) is 4.74 Å². The molecule has 2 aromatic heterocycles. The number of carbonyl (C=O) groups excluding carboxylic acids is 1. The Balaban J connectivity index is 0.00000136. The Morgan fingerprint density at radius 2 is 2.03 bits per heavy atom. The summed E-state index contributed by atoms with van der Waals surface area (Å²) in [5.41, 5.74) is 2.08. The van der Waals surface area contributed by atoms with Crippen LogP contribution in [0.1, 0.15) is 15.8 Å². The van der Waals surface area contributed by atoms with Gasteiger partial charge in [-0.2, -0.15) is 5.10 Å². The molecule has 2 saturated heterocycles. The number of nitrogens with one attached hydrogen (secondary N) is 3. The van der Waals surface area contributed by atoms with Crippen LogP contribution in [0.5, 0.6) is 0 Å². The van der Waals surface area contributed by atoms with E-state index >= 15 is 0 Å². The van der Waals surface area contributed by atoms with Crippen molar-refractivity contribution in [2.45, 2.75) is 12.0 Å². The molecule has 0 unspecified atom stereocenters. The van der Waals surface area contributed by atoms with Crippen molar-refractivity contribution in [1.29, 1.82) is 0 Å². The summed E-state index contributed by atoms with van der Waals surface area (Å²) < 4.78 is 5.42. The van der Waals surface area contributed by atoms with Crippen molar-refractivity contribution in [1.82, 2.24) is 25.4 Å². The van der Waals surface area contributed by atoms with Gasteiger partial charge in [-0.15, -0.1) is 0 Å². The third-order valence-corrected chi connectivity index (χ3v) is 6.03. The van der Waals surface area contributed by atoms with Crippen LogP contribution < -0.4 is 15.5 Å². The SMILES string of the molecule is CN1C[C@@H](NC(=O)Nc2cc3[nH]nc(N4CCOCC4)c3cn2)[C@H](c2ccccc2)C1.[HH].[HH].[HH]. The molecule has 3 N–H and O–H groups in total. The Kier molecular flexibility index (Phi) is 5.44. The molecule has 31 heavy (non-hydrogen) atoms. The summed E-state index contributed by atoms with van der Waals surface area (Å²) in [6.45, 7) is 4.73. The van der Waals surface area contributed by atoms with Crippen molar-refractivity contribution in [3.63, 3.8) is 0 Å². The number of nitrogens with zero attached hydrogens (tertiary/aromatic N) is 4. The lowest BCUT2D eigenvalue weighted by molar-refractivity contribution is 0.122. The third-order valence-electron chi connectivity index (χ3n) is 6.03. The highest BCUT2D eigenvalue weighted by Crippen LogP contribution is 2.27. The molecule has 2 fully saturated rings. The first-order valence-corrected chi connectivity index (χ1v) is 10.7. The first-order chi connectivity index (χ1) is 15.2. The minimum absolute atomic E-state index is 0. The highest BCUT2D eigenvalue weighted by molar-refractivity contribution is 5.94. The summed E-state index contributed by atoms with van der Waals surface area (Å²) in [5.74, 6) is 1.63. The predicted molar refractivity (Wildman–Crippen MR) is 126 cm³/mol. The molecular weight excluding hydrogens is 394 g/mol. The average Bonchev–Trinajstić information content (AvgIpc) is 3.37. The summed E-state index contributed by atoms with van der Waals surface area (Å²) in [6, 6.07) is 11.9. The molecule has 2 aliphatic rings. The molecule has 1 aromatic carbocycles. The second kappa shape index (κ2) is 8.52. The normalized spacial score (nSPS) is 22.0. The number of urea groups is 1. The number of morpholine rings is 1. The van der Waals surface area contributed by atoms with Gasteiger partial charge in [0.25, 0.3) is 0 Å². The highest BCUT2D eigenvalue weighted by atomic mass is 16.5. The van der Waals surface area contributed by atoms with Crippen LogP contribution >= 0.6 is 0 Å². The number of carbonyl (C=O) groups is 1. The number of fused-ring (bicyclic) bond motifs is 1. The number of aromatic nitrogens is 3. The van der Waals surface area contributed by atoms with Gasteiger partial charge in [-0.05, 0) is 12.6 Å². The number of likely N-dealkylation sites (N-methyl/N-ethyl adjacent to an activating group) is 1. The van der Waals surface area contributed by atoms with E-state index in [1.807, 2.05) is 24.3 Å². The summed E-state index contributed by atoms with van der Waals surface area (Å²) >= 11 is 0. The van der Waals surface area contributed by atoms with Gasteiger partial charge in [-0.1, -0.05) is 30.3 Å². The van der Waals surface area contributed by atoms with Gasteiger partial charge < -0.3 is 19.9 Å². The fraction of sp³-hybridized carbons (Fsp3) is 0.409. The number of rotatable bonds is 4. The van der Waals surface area contributed by atoms with Gasteiger partial charge in [0.1, 0.15) is 5.82 Å². The Bertz CT molecular complexity index is 1060. The van der Waals surface area contributed by atoms with Crippen molar-refractivity contribution < 1.29 is 13.8 Å². The number of pyridine rings is 1. The predicted octanol–water partition coefficient (Wildman–Crippen LogP) is 2.75. The molecule has 2 atom stereocenters. The highest BCUT2D eigenvalue weighted by Gasteiger charge is 2.33. The van der Waals surface area contributed by atoms with E-state index in [1.54, 1.807) is 6.20 Å². The number of hydrogen-bond donors (Lipinski definition) is 3. The quantitative estimate of drug-likeness (QED) is 0.592. The van der Waals surface area contributed by atoms with E-state index in [9.17, 15) is 4.79 Å². The van der Waals surface area contributed by atoms with Gasteiger partial charge in [-0.25, -0.2) is 9.78 Å². The van der Waals surface area contributed by atoms with E-state index in [0.717, 1.165) is 42.9 Å². The molecule has 2 amide bonds. The second-order valence-electron chi connectivity index (χ2n) is 8.21. The van der Waals surface area contributed by atoms with E-state index in [1.165, 1.54) is 5.56 Å². The van der Waals surface area contributed by atoms with E-state index in [0.29, 0.717) is 19.0 Å². The van der Waals surface area contributed by atoms with E-state index in [2.05, 4.69) is 54.8 Å². The Morgan fingerprint density at radius 1 is 1.23 bits per heavy atom. The van der Waals surface area contributed by atoms with Crippen molar-refractivity contribution in [3.8, 4) is 0 Å². The van der Waals surface area contributed by atoms with Gasteiger partial charge >= 0.3 is 6.03 Å². The molecule has 168 valence electrons. The molecular formula is C22H33N7O2. The van der Waals surface area contributed by atoms with Crippen molar-refractivity contribution in [2.24, 2.45) is 0 Å². The van der Waals surface area contributed by atoms with Crippen molar-refractivity contribution in [2.75, 3.05) is 56.7 Å². The van der Waals surface area contributed by atoms with Crippen LogP contribution in [0.2, 0.25) is 0 Å². The molecule has 9 heteroatoms. The smallest absolute Gasteiger partial charge is 0.320 e. The number of benzene rings is 1. The molecule has 3 aromatic rings. The third kappa shape index (κ3) is 4.19. The zero-order chi connectivity index (χ0) is 21.2. The van der Waals surface area contributed by atoms with Gasteiger partial charge in [0.2, 0.25) is 0 Å². The van der Waals surface area contributed by atoms with Gasteiger partial charge in [0.05, 0.1) is 30.2 Å². The first-order valence-electron chi connectivity index (χ1n) is 10.7. The number of H-pyrrole nitrogens is 1. The summed E-state index contributed by atoms with van der Waals surface area (Å²) in [4.78, 5) is 21.6. The summed E-state index contributed by atoms with van der Waals surface area (Å²) in [6.07, 6.45) is 1.76. The molecule has 0 bridgehead atoms. The maximum absolute atomic E-state index is 12.7. The summed E-state index contributed by atoms with van der Waals surface area (Å²) in [7, 11) is 2.08.